The van der Waals surface area contributed by atoms with Gasteiger partial charge in [0.15, 0.2) is 0 Å². The molecule has 3 heteroatoms. The monoisotopic (exact) mass is 155 g/mol. The Hall–Kier alpha value is -0.860. The number of nitrogens with two attached hydrogens (primary N) is 1. The molecule has 0 aromatic heterocycles. The molecule has 0 aliphatic heterocycles. The molecule has 1 aliphatic rings. The first-order valence-electron chi connectivity index (χ1n) is 4.04. The second-order valence-electron chi connectivity index (χ2n) is 3.02. The van der Waals surface area contributed by atoms with Crippen LogP contribution in [0.3, 0.4) is 0 Å². The molecule has 11 heavy (non-hydrogen) atoms. The molecule has 0 bridgehead atoms. The highest BCUT2D eigenvalue weighted by Gasteiger charge is 2.24. The Labute approximate surface area is 66.0 Å². The van der Waals surface area contributed by atoms with Gasteiger partial charge in [-0.15, -0.1) is 0 Å². The van der Waals surface area contributed by atoms with Gasteiger partial charge in [0.05, 0.1) is 5.92 Å². The summed E-state index contributed by atoms with van der Waals surface area (Å²) in [6.07, 6.45) is 4.12. The molecule has 1 amide bonds. The number of carbonyl (C=O) groups is 2. The van der Waals surface area contributed by atoms with E-state index >= 15 is 0 Å². The molecule has 0 spiro atoms. The highest BCUT2D eigenvalue weighted by Crippen LogP contribution is 2.19. The summed E-state index contributed by atoms with van der Waals surface area (Å²) in [5.74, 6) is -0.899. The van der Waals surface area contributed by atoms with Crippen molar-refractivity contribution >= 4 is 11.7 Å². The third kappa shape index (κ3) is 2.03. The van der Waals surface area contributed by atoms with Crippen LogP contribution in [0.25, 0.3) is 0 Å². The van der Waals surface area contributed by atoms with E-state index in [9.17, 15) is 9.59 Å². The molecule has 0 aromatic rings. The van der Waals surface area contributed by atoms with Gasteiger partial charge in [-0.25, -0.2) is 0 Å². The summed E-state index contributed by atoms with van der Waals surface area (Å²) in [5.41, 5.74) is 5.07. The first-order chi connectivity index (χ1) is 5.22. The fourth-order valence-corrected chi connectivity index (χ4v) is 1.46. The maximum absolute atomic E-state index is 11.2. The lowest BCUT2D eigenvalue weighted by Crippen LogP contribution is -2.29. The van der Waals surface area contributed by atoms with Gasteiger partial charge in [0.25, 0.3) is 0 Å². The van der Waals surface area contributed by atoms with Gasteiger partial charge < -0.3 is 5.73 Å². The molecule has 1 unspecified atom stereocenters. The maximum atomic E-state index is 11.2. The molecule has 0 aromatic carbocycles. The fraction of sp³-hybridized carbons (Fsp3) is 0.750. The third-order valence-electron chi connectivity index (χ3n) is 2.15. The van der Waals surface area contributed by atoms with E-state index in [0.717, 1.165) is 19.3 Å². The lowest BCUT2D eigenvalue weighted by atomic mass is 9.99. The van der Waals surface area contributed by atoms with Gasteiger partial charge in [0, 0.05) is 6.42 Å². The van der Waals surface area contributed by atoms with Crippen LogP contribution in [0.15, 0.2) is 0 Å². The number of ketones is 1. The van der Waals surface area contributed by atoms with Crippen molar-refractivity contribution < 1.29 is 9.59 Å². The summed E-state index contributed by atoms with van der Waals surface area (Å²) < 4.78 is 0. The molecule has 0 radical (unpaired) electrons. The SMILES string of the molecule is NC(=O)C1CCCCCC1=O. The molecule has 1 saturated carbocycles. The zero-order valence-electron chi connectivity index (χ0n) is 6.51. The number of primary amides is 1. The number of Topliss-reactive ketones (excluding diaryl/α,β-unsaturated/α-hetero) is 1. The van der Waals surface area contributed by atoms with Crippen LogP contribution in [-0.2, 0) is 9.59 Å². The predicted octanol–water partition coefficient (Wildman–Crippen LogP) is 0.621. The van der Waals surface area contributed by atoms with Gasteiger partial charge in [0.1, 0.15) is 5.78 Å². The van der Waals surface area contributed by atoms with Crippen LogP contribution in [0.4, 0.5) is 0 Å². The Morgan fingerprint density at radius 1 is 1.36 bits per heavy atom. The van der Waals surface area contributed by atoms with Gasteiger partial charge in [-0.05, 0) is 12.8 Å². The highest BCUT2D eigenvalue weighted by molar-refractivity contribution is 6.00. The van der Waals surface area contributed by atoms with E-state index in [0.29, 0.717) is 12.8 Å². The molecule has 1 fully saturated rings. The van der Waals surface area contributed by atoms with E-state index in [2.05, 4.69) is 0 Å². The van der Waals surface area contributed by atoms with Gasteiger partial charge >= 0.3 is 0 Å². The molecule has 0 heterocycles. The van der Waals surface area contributed by atoms with Gasteiger partial charge in [-0.1, -0.05) is 12.8 Å². The molecule has 0 saturated heterocycles. The zero-order valence-corrected chi connectivity index (χ0v) is 6.51. The Balaban J connectivity index is 2.59. The van der Waals surface area contributed by atoms with Crippen molar-refractivity contribution in [3.05, 3.63) is 0 Å². The van der Waals surface area contributed by atoms with Gasteiger partial charge in [-0.3, -0.25) is 9.59 Å². The topological polar surface area (TPSA) is 60.2 Å². The Kier molecular flexibility index (Phi) is 2.63. The quantitative estimate of drug-likeness (QED) is 0.445. The standard InChI is InChI=1S/C8H13NO2/c9-8(11)6-4-2-1-3-5-7(6)10/h6H,1-5H2,(H2,9,11). The van der Waals surface area contributed by atoms with Gasteiger partial charge in [-0.2, -0.15) is 0 Å². The molecular weight excluding hydrogens is 142 g/mol. The van der Waals surface area contributed by atoms with E-state index in [4.69, 9.17) is 5.73 Å². The Morgan fingerprint density at radius 3 is 2.73 bits per heavy atom. The second kappa shape index (κ2) is 3.51. The van der Waals surface area contributed by atoms with Crippen LogP contribution < -0.4 is 5.73 Å². The normalized spacial score (nSPS) is 26.2. The van der Waals surface area contributed by atoms with Crippen molar-refractivity contribution in [1.29, 1.82) is 0 Å². The van der Waals surface area contributed by atoms with Crippen LogP contribution in [0.2, 0.25) is 0 Å². The molecular formula is C8H13NO2. The minimum absolute atomic E-state index is 0.0370. The molecule has 3 nitrogen and oxygen atoms in total. The van der Waals surface area contributed by atoms with Crippen molar-refractivity contribution in [2.24, 2.45) is 11.7 Å². The fourth-order valence-electron chi connectivity index (χ4n) is 1.46. The summed E-state index contributed by atoms with van der Waals surface area (Å²) in [6.45, 7) is 0. The Morgan fingerprint density at radius 2 is 2.09 bits per heavy atom. The van der Waals surface area contributed by atoms with Crippen LogP contribution >= 0.6 is 0 Å². The van der Waals surface area contributed by atoms with Crippen molar-refractivity contribution in [2.75, 3.05) is 0 Å². The number of amides is 1. The van der Waals surface area contributed by atoms with E-state index in [1.807, 2.05) is 0 Å². The lowest BCUT2D eigenvalue weighted by Gasteiger charge is -2.06. The summed E-state index contributed by atoms with van der Waals surface area (Å²) in [4.78, 5) is 21.9. The third-order valence-corrected chi connectivity index (χ3v) is 2.15. The van der Waals surface area contributed by atoms with E-state index < -0.39 is 11.8 Å². The van der Waals surface area contributed by atoms with E-state index in [1.54, 1.807) is 0 Å². The smallest absolute Gasteiger partial charge is 0.227 e. The average Bonchev–Trinajstić information content (AvgIpc) is 2.13. The number of carbonyl (C=O) groups excluding carboxylic acids is 2. The minimum atomic E-state index is -0.488. The Bertz CT molecular complexity index is 177. The highest BCUT2D eigenvalue weighted by atomic mass is 16.2. The molecule has 1 rings (SSSR count). The first-order valence-corrected chi connectivity index (χ1v) is 4.04. The van der Waals surface area contributed by atoms with Crippen molar-refractivity contribution in [1.82, 2.24) is 0 Å². The summed E-state index contributed by atoms with van der Waals surface area (Å²) in [5, 5.41) is 0. The first kappa shape index (κ1) is 8.24. The summed E-state index contributed by atoms with van der Waals surface area (Å²) in [7, 11) is 0. The molecule has 2 N–H and O–H groups in total. The molecule has 1 atom stereocenters. The minimum Gasteiger partial charge on any atom is -0.369 e. The zero-order chi connectivity index (χ0) is 8.27. The summed E-state index contributed by atoms with van der Waals surface area (Å²) in [6, 6.07) is 0. The lowest BCUT2D eigenvalue weighted by molar-refractivity contribution is -0.132. The summed E-state index contributed by atoms with van der Waals surface area (Å²) >= 11 is 0. The second-order valence-corrected chi connectivity index (χ2v) is 3.02. The van der Waals surface area contributed by atoms with Crippen molar-refractivity contribution in [3.63, 3.8) is 0 Å². The van der Waals surface area contributed by atoms with Crippen LogP contribution in [0, 0.1) is 5.92 Å². The number of hydrogen-bond donors (Lipinski definition) is 1. The molecule has 62 valence electrons. The maximum Gasteiger partial charge on any atom is 0.227 e. The number of rotatable bonds is 1. The predicted molar refractivity (Wildman–Crippen MR) is 40.8 cm³/mol. The van der Waals surface area contributed by atoms with Crippen molar-refractivity contribution in [2.45, 2.75) is 32.1 Å². The van der Waals surface area contributed by atoms with E-state index in [1.165, 1.54) is 0 Å². The van der Waals surface area contributed by atoms with Gasteiger partial charge in [0.2, 0.25) is 5.91 Å². The largest absolute Gasteiger partial charge is 0.369 e. The number of hydrogen-bond acceptors (Lipinski definition) is 2. The molecule has 1 aliphatic carbocycles. The van der Waals surface area contributed by atoms with Crippen LogP contribution in [-0.4, -0.2) is 11.7 Å². The average molecular weight is 155 g/mol. The van der Waals surface area contributed by atoms with Crippen LogP contribution in [0.5, 0.6) is 0 Å². The van der Waals surface area contributed by atoms with E-state index in [-0.39, 0.29) is 5.78 Å². The van der Waals surface area contributed by atoms with Crippen LogP contribution in [0.1, 0.15) is 32.1 Å². The van der Waals surface area contributed by atoms with Crippen molar-refractivity contribution in [3.8, 4) is 0 Å².